The molecule has 0 aliphatic carbocycles. The Hall–Kier alpha value is -2.15. The molecule has 0 aliphatic heterocycles. The molecule has 1 aromatic carbocycles. The Bertz CT molecular complexity index is 489. The Morgan fingerprint density at radius 3 is 2.70 bits per heavy atom. The highest BCUT2D eigenvalue weighted by Gasteiger charge is 2.17. The molecule has 0 heterocycles. The molecule has 0 amide bonds. The van der Waals surface area contributed by atoms with Crippen LogP contribution >= 0.6 is 0 Å². The first-order chi connectivity index (χ1) is 9.45. The number of anilines is 1. The van der Waals surface area contributed by atoms with E-state index in [0.29, 0.717) is 12.2 Å². The van der Waals surface area contributed by atoms with Gasteiger partial charge in [0.05, 0.1) is 17.1 Å². The SMILES string of the molecule is CCOC(=O)c1ccc(NCCN(C)C)c([N+](=O)[O-])c1. The van der Waals surface area contributed by atoms with E-state index in [2.05, 4.69) is 5.32 Å². The monoisotopic (exact) mass is 281 g/mol. The van der Waals surface area contributed by atoms with Gasteiger partial charge in [0.1, 0.15) is 5.69 Å². The van der Waals surface area contributed by atoms with Crippen LogP contribution in [-0.4, -0.2) is 49.6 Å². The van der Waals surface area contributed by atoms with Gasteiger partial charge >= 0.3 is 5.97 Å². The molecule has 110 valence electrons. The number of benzene rings is 1. The predicted octanol–water partition coefficient (Wildman–Crippen LogP) is 1.74. The number of hydrogen-bond donors (Lipinski definition) is 1. The fourth-order valence-electron chi connectivity index (χ4n) is 1.59. The van der Waals surface area contributed by atoms with Gasteiger partial charge in [0, 0.05) is 19.2 Å². The fourth-order valence-corrected chi connectivity index (χ4v) is 1.59. The number of ether oxygens (including phenoxy) is 1. The molecule has 0 aromatic heterocycles. The summed E-state index contributed by atoms with van der Waals surface area (Å²) in [4.78, 5) is 24.1. The second-order valence-corrected chi connectivity index (χ2v) is 4.44. The van der Waals surface area contributed by atoms with E-state index in [1.165, 1.54) is 18.2 Å². The van der Waals surface area contributed by atoms with Crippen molar-refractivity contribution in [3.05, 3.63) is 33.9 Å². The minimum atomic E-state index is -0.560. The van der Waals surface area contributed by atoms with Crippen molar-refractivity contribution in [1.29, 1.82) is 0 Å². The quantitative estimate of drug-likeness (QED) is 0.465. The average Bonchev–Trinajstić information content (AvgIpc) is 2.38. The van der Waals surface area contributed by atoms with E-state index < -0.39 is 10.9 Å². The second kappa shape index (κ2) is 7.44. The van der Waals surface area contributed by atoms with Crippen LogP contribution in [0.15, 0.2) is 18.2 Å². The summed E-state index contributed by atoms with van der Waals surface area (Å²) in [5, 5.41) is 14.0. The number of nitro benzene ring substituents is 1. The van der Waals surface area contributed by atoms with Gasteiger partial charge in [-0.1, -0.05) is 0 Å². The Kier molecular flexibility index (Phi) is 5.92. The Morgan fingerprint density at radius 1 is 1.45 bits per heavy atom. The van der Waals surface area contributed by atoms with Crippen LogP contribution in [0.4, 0.5) is 11.4 Å². The minimum absolute atomic E-state index is 0.130. The lowest BCUT2D eigenvalue weighted by atomic mass is 10.1. The lowest BCUT2D eigenvalue weighted by Crippen LogP contribution is -2.21. The summed E-state index contributed by atoms with van der Waals surface area (Å²) >= 11 is 0. The van der Waals surface area contributed by atoms with Crippen molar-refractivity contribution < 1.29 is 14.5 Å². The van der Waals surface area contributed by atoms with Crippen LogP contribution in [0.25, 0.3) is 0 Å². The summed E-state index contributed by atoms with van der Waals surface area (Å²) in [6, 6.07) is 4.28. The third-order valence-corrected chi connectivity index (χ3v) is 2.58. The van der Waals surface area contributed by atoms with E-state index in [9.17, 15) is 14.9 Å². The Morgan fingerprint density at radius 2 is 2.15 bits per heavy atom. The predicted molar refractivity (Wildman–Crippen MR) is 76.1 cm³/mol. The number of hydrogen-bond acceptors (Lipinski definition) is 6. The molecule has 0 radical (unpaired) electrons. The van der Waals surface area contributed by atoms with Crippen LogP contribution in [0.5, 0.6) is 0 Å². The third kappa shape index (κ3) is 4.51. The van der Waals surface area contributed by atoms with Gasteiger partial charge in [-0.15, -0.1) is 0 Å². The number of nitro groups is 1. The van der Waals surface area contributed by atoms with Gasteiger partial charge in [-0.3, -0.25) is 10.1 Å². The van der Waals surface area contributed by atoms with Gasteiger partial charge in [0.25, 0.3) is 5.69 Å². The molecule has 1 aromatic rings. The van der Waals surface area contributed by atoms with Gasteiger partial charge in [0.2, 0.25) is 0 Å². The topological polar surface area (TPSA) is 84.7 Å². The van der Waals surface area contributed by atoms with Crippen molar-refractivity contribution in [2.45, 2.75) is 6.92 Å². The molecule has 0 saturated heterocycles. The molecule has 7 nitrogen and oxygen atoms in total. The number of rotatable bonds is 7. The van der Waals surface area contributed by atoms with E-state index in [0.717, 1.165) is 6.54 Å². The van der Waals surface area contributed by atoms with Crippen LogP contribution in [-0.2, 0) is 4.74 Å². The number of nitrogens with zero attached hydrogens (tertiary/aromatic N) is 2. The fraction of sp³-hybridized carbons (Fsp3) is 0.462. The highest BCUT2D eigenvalue weighted by molar-refractivity contribution is 5.91. The van der Waals surface area contributed by atoms with Crippen molar-refractivity contribution in [1.82, 2.24) is 4.90 Å². The maximum absolute atomic E-state index is 11.6. The van der Waals surface area contributed by atoms with Gasteiger partial charge in [-0.25, -0.2) is 4.79 Å². The van der Waals surface area contributed by atoms with E-state index in [1.54, 1.807) is 6.92 Å². The van der Waals surface area contributed by atoms with E-state index in [1.807, 2.05) is 19.0 Å². The molecule has 7 heteroatoms. The Labute approximate surface area is 117 Å². The van der Waals surface area contributed by atoms with Crippen molar-refractivity contribution >= 4 is 17.3 Å². The van der Waals surface area contributed by atoms with E-state index in [4.69, 9.17) is 4.74 Å². The summed E-state index contributed by atoms with van der Waals surface area (Å²) in [6.07, 6.45) is 0. The second-order valence-electron chi connectivity index (χ2n) is 4.44. The van der Waals surface area contributed by atoms with Crippen LogP contribution in [0.3, 0.4) is 0 Å². The molecule has 0 unspecified atom stereocenters. The van der Waals surface area contributed by atoms with Crippen LogP contribution in [0.2, 0.25) is 0 Å². The maximum atomic E-state index is 11.6. The highest BCUT2D eigenvalue weighted by Crippen LogP contribution is 2.25. The molecule has 0 aliphatic rings. The zero-order valence-electron chi connectivity index (χ0n) is 11.9. The van der Waals surface area contributed by atoms with Crippen molar-refractivity contribution in [3.63, 3.8) is 0 Å². The largest absolute Gasteiger partial charge is 0.462 e. The number of likely N-dealkylation sites (N-methyl/N-ethyl adjacent to an activating group) is 1. The summed E-state index contributed by atoms with van der Waals surface area (Å²) in [5.74, 6) is -0.560. The Balaban J connectivity index is 2.90. The first kappa shape index (κ1) is 15.9. The molecule has 1 rings (SSSR count). The molecular formula is C13H19N3O4. The molecular weight excluding hydrogens is 262 g/mol. The van der Waals surface area contributed by atoms with Gasteiger partial charge in [0.15, 0.2) is 0 Å². The van der Waals surface area contributed by atoms with Gasteiger partial charge < -0.3 is 15.0 Å². The maximum Gasteiger partial charge on any atom is 0.338 e. The molecule has 0 atom stereocenters. The number of nitrogens with one attached hydrogen (secondary N) is 1. The molecule has 20 heavy (non-hydrogen) atoms. The summed E-state index contributed by atoms with van der Waals surface area (Å²) in [7, 11) is 3.83. The van der Waals surface area contributed by atoms with Crippen molar-refractivity contribution in [3.8, 4) is 0 Å². The normalized spacial score (nSPS) is 10.4. The minimum Gasteiger partial charge on any atom is -0.462 e. The summed E-state index contributed by atoms with van der Waals surface area (Å²) in [5.41, 5.74) is 0.441. The lowest BCUT2D eigenvalue weighted by Gasteiger charge is -2.12. The standard InChI is InChI=1S/C13H19N3O4/c1-4-20-13(17)10-5-6-11(12(9-10)16(18)19)14-7-8-15(2)3/h5-6,9,14H,4,7-8H2,1-3H3. The van der Waals surface area contributed by atoms with E-state index >= 15 is 0 Å². The number of carbonyl (C=O) groups is 1. The summed E-state index contributed by atoms with van der Waals surface area (Å²) in [6.45, 7) is 3.24. The molecule has 0 bridgehead atoms. The third-order valence-electron chi connectivity index (χ3n) is 2.58. The number of esters is 1. The zero-order chi connectivity index (χ0) is 15.1. The van der Waals surface area contributed by atoms with Gasteiger partial charge in [-0.2, -0.15) is 0 Å². The average molecular weight is 281 g/mol. The van der Waals surface area contributed by atoms with Gasteiger partial charge in [-0.05, 0) is 33.2 Å². The molecule has 0 spiro atoms. The first-order valence-electron chi connectivity index (χ1n) is 6.30. The smallest absolute Gasteiger partial charge is 0.338 e. The lowest BCUT2D eigenvalue weighted by molar-refractivity contribution is -0.384. The van der Waals surface area contributed by atoms with Crippen molar-refractivity contribution in [2.75, 3.05) is 39.1 Å². The highest BCUT2D eigenvalue weighted by atomic mass is 16.6. The van der Waals surface area contributed by atoms with Crippen LogP contribution in [0.1, 0.15) is 17.3 Å². The molecule has 0 fully saturated rings. The zero-order valence-corrected chi connectivity index (χ0v) is 11.9. The first-order valence-corrected chi connectivity index (χ1v) is 6.30. The summed E-state index contributed by atoms with van der Waals surface area (Å²) < 4.78 is 4.83. The molecule has 1 N–H and O–H groups in total. The van der Waals surface area contributed by atoms with Crippen LogP contribution in [0, 0.1) is 10.1 Å². The van der Waals surface area contributed by atoms with Crippen LogP contribution < -0.4 is 5.32 Å². The van der Waals surface area contributed by atoms with Crippen molar-refractivity contribution in [2.24, 2.45) is 0 Å². The molecule has 0 saturated carbocycles. The number of carbonyl (C=O) groups excluding carboxylic acids is 1. The van der Waals surface area contributed by atoms with E-state index in [-0.39, 0.29) is 17.9 Å².